The van der Waals surface area contributed by atoms with E-state index in [-0.39, 0.29) is 18.1 Å². The predicted octanol–water partition coefficient (Wildman–Crippen LogP) is 2.08. The number of ether oxygens (including phenoxy) is 1. The molecule has 0 fully saturated rings. The number of hydrogen-bond donors (Lipinski definition) is 1. The first-order valence-corrected chi connectivity index (χ1v) is 5.19. The van der Waals surface area contributed by atoms with Crippen molar-refractivity contribution in [3.63, 3.8) is 0 Å². The second-order valence-electron chi connectivity index (χ2n) is 3.47. The molecule has 0 saturated carbocycles. The van der Waals surface area contributed by atoms with E-state index < -0.39 is 18.9 Å². The highest BCUT2D eigenvalue weighted by Gasteiger charge is 2.27. The van der Waals surface area contributed by atoms with Crippen molar-refractivity contribution < 1.29 is 23.0 Å². The lowest BCUT2D eigenvalue weighted by molar-refractivity contribution is -0.175. The van der Waals surface area contributed by atoms with Crippen molar-refractivity contribution in [1.29, 1.82) is 0 Å². The molecule has 1 rings (SSSR count). The smallest absolute Gasteiger partial charge is 0.387 e. The van der Waals surface area contributed by atoms with Crippen LogP contribution in [0.25, 0.3) is 0 Å². The summed E-state index contributed by atoms with van der Waals surface area (Å²) in [4.78, 5) is 0. The van der Waals surface area contributed by atoms with E-state index in [1.165, 1.54) is 10.9 Å². The van der Waals surface area contributed by atoms with Crippen LogP contribution in [0.3, 0.4) is 0 Å². The van der Waals surface area contributed by atoms with Crippen molar-refractivity contribution in [2.24, 2.45) is 7.05 Å². The SMILES string of the molecule is Cn1ncc(Cl)c1C(O)CCOCC(F)(F)F. The summed E-state index contributed by atoms with van der Waals surface area (Å²) in [5.41, 5.74) is 0.363. The number of aryl methyl sites for hydroxylation is 1. The van der Waals surface area contributed by atoms with Crippen LogP contribution in [0.5, 0.6) is 0 Å². The average Bonchev–Trinajstić information content (AvgIpc) is 2.52. The van der Waals surface area contributed by atoms with E-state index in [0.717, 1.165) is 0 Å². The zero-order valence-corrected chi connectivity index (χ0v) is 9.79. The fourth-order valence-electron chi connectivity index (χ4n) is 1.31. The van der Waals surface area contributed by atoms with Gasteiger partial charge < -0.3 is 9.84 Å². The molecule has 1 heterocycles. The molecule has 1 atom stereocenters. The Hall–Kier alpha value is -0.790. The van der Waals surface area contributed by atoms with Gasteiger partial charge in [-0.1, -0.05) is 11.6 Å². The minimum absolute atomic E-state index is 0.0231. The number of aliphatic hydroxyl groups excluding tert-OH is 1. The van der Waals surface area contributed by atoms with E-state index in [1.54, 1.807) is 7.05 Å². The Balaban J connectivity index is 2.38. The Morgan fingerprint density at radius 2 is 2.24 bits per heavy atom. The molecule has 0 aromatic carbocycles. The number of hydrogen-bond acceptors (Lipinski definition) is 3. The second-order valence-corrected chi connectivity index (χ2v) is 3.88. The largest absolute Gasteiger partial charge is 0.411 e. The molecule has 1 N–H and O–H groups in total. The van der Waals surface area contributed by atoms with Gasteiger partial charge in [-0.05, 0) is 0 Å². The molecule has 1 aromatic heterocycles. The standard InChI is InChI=1S/C9H12ClF3N2O2/c1-15-8(6(10)4-14-15)7(16)2-3-17-5-9(11,12)13/h4,7,16H,2-3,5H2,1H3. The van der Waals surface area contributed by atoms with Crippen LogP contribution < -0.4 is 0 Å². The summed E-state index contributed by atoms with van der Waals surface area (Å²) >= 11 is 5.76. The highest BCUT2D eigenvalue weighted by molar-refractivity contribution is 6.31. The molecule has 0 bridgehead atoms. The molecule has 0 aliphatic heterocycles. The van der Waals surface area contributed by atoms with Crippen molar-refractivity contribution in [1.82, 2.24) is 9.78 Å². The molecule has 0 aliphatic rings. The molecule has 17 heavy (non-hydrogen) atoms. The minimum Gasteiger partial charge on any atom is -0.387 e. The topological polar surface area (TPSA) is 47.3 Å². The molecule has 1 aromatic rings. The maximum absolute atomic E-state index is 11.8. The average molecular weight is 273 g/mol. The summed E-state index contributed by atoms with van der Waals surface area (Å²) < 4.78 is 41.0. The van der Waals surface area contributed by atoms with Crippen LogP contribution in [-0.2, 0) is 11.8 Å². The molecule has 8 heteroatoms. The lowest BCUT2D eigenvalue weighted by Crippen LogP contribution is -2.18. The van der Waals surface area contributed by atoms with Gasteiger partial charge in [-0.25, -0.2) is 0 Å². The fraction of sp³-hybridized carbons (Fsp3) is 0.667. The number of alkyl halides is 3. The zero-order chi connectivity index (χ0) is 13.1. The van der Waals surface area contributed by atoms with Crippen molar-refractivity contribution >= 4 is 11.6 Å². The summed E-state index contributed by atoms with van der Waals surface area (Å²) in [6, 6.07) is 0. The van der Waals surface area contributed by atoms with Gasteiger partial charge >= 0.3 is 6.18 Å². The molecule has 4 nitrogen and oxygen atoms in total. The van der Waals surface area contributed by atoms with Crippen LogP contribution in [0.4, 0.5) is 13.2 Å². The minimum atomic E-state index is -4.35. The van der Waals surface area contributed by atoms with E-state index in [2.05, 4.69) is 9.84 Å². The van der Waals surface area contributed by atoms with Gasteiger partial charge in [-0.3, -0.25) is 4.68 Å². The van der Waals surface area contributed by atoms with Crippen molar-refractivity contribution in [2.45, 2.75) is 18.7 Å². The van der Waals surface area contributed by atoms with Gasteiger partial charge in [0.1, 0.15) is 6.61 Å². The van der Waals surface area contributed by atoms with Gasteiger partial charge in [0.25, 0.3) is 0 Å². The Kier molecular flexibility index (Phi) is 4.79. The van der Waals surface area contributed by atoms with Gasteiger partial charge in [0.2, 0.25) is 0 Å². The normalized spacial score (nSPS) is 14.0. The quantitative estimate of drug-likeness (QED) is 0.835. The van der Waals surface area contributed by atoms with Gasteiger partial charge in [0.05, 0.1) is 23.0 Å². The van der Waals surface area contributed by atoms with Gasteiger partial charge in [-0.15, -0.1) is 0 Å². The van der Waals surface area contributed by atoms with Crippen LogP contribution in [0.15, 0.2) is 6.20 Å². The Labute approximate surface area is 101 Å². The third-order valence-corrected chi connectivity index (χ3v) is 2.35. The summed E-state index contributed by atoms with van der Waals surface area (Å²) in [6.07, 6.45) is -3.97. The first kappa shape index (κ1) is 14.3. The third kappa shape index (κ3) is 4.53. The van der Waals surface area contributed by atoms with Crippen molar-refractivity contribution in [2.75, 3.05) is 13.2 Å². The maximum Gasteiger partial charge on any atom is 0.411 e. The molecular formula is C9H12ClF3N2O2. The number of aliphatic hydroxyl groups is 1. The van der Waals surface area contributed by atoms with Crippen LogP contribution in [-0.4, -0.2) is 34.3 Å². The summed E-state index contributed by atoms with van der Waals surface area (Å²) in [5, 5.41) is 13.8. The van der Waals surface area contributed by atoms with E-state index >= 15 is 0 Å². The molecule has 1 unspecified atom stereocenters. The van der Waals surface area contributed by atoms with Crippen LogP contribution in [0.1, 0.15) is 18.2 Å². The lowest BCUT2D eigenvalue weighted by atomic mass is 10.2. The first-order valence-electron chi connectivity index (χ1n) is 4.81. The molecular weight excluding hydrogens is 261 g/mol. The number of nitrogens with zero attached hydrogens (tertiary/aromatic N) is 2. The van der Waals surface area contributed by atoms with Crippen LogP contribution in [0.2, 0.25) is 5.02 Å². The highest BCUT2D eigenvalue weighted by atomic mass is 35.5. The fourth-order valence-corrected chi connectivity index (χ4v) is 1.61. The second kappa shape index (κ2) is 5.70. The lowest BCUT2D eigenvalue weighted by Gasteiger charge is -2.12. The molecule has 0 amide bonds. The monoisotopic (exact) mass is 272 g/mol. The molecule has 0 spiro atoms. The van der Waals surface area contributed by atoms with Crippen LogP contribution >= 0.6 is 11.6 Å². The van der Waals surface area contributed by atoms with E-state index in [1.807, 2.05) is 0 Å². The zero-order valence-electron chi connectivity index (χ0n) is 9.04. The maximum atomic E-state index is 11.8. The van der Waals surface area contributed by atoms with E-state index in [0.29, 0.717) is 5.69 Å². The van der Waals surface area contributed by atoms with Crippen LogP contribution in [0, 0.1) is 0 Å². The summed E-state index contributed by atoms with van der Waals surface area (Å²) in [7, 11) is 1.58. The molecule has 0 aliphatic carbocycles. The van der Waals surface area contributed by atoms with Gasteiger partial charge in [-0.2, -0.15) is 18.3 Å². The number of aromatic nitrogens is 2. The van der Waals surface area contributed by atoms with Crippen molar-refractivity contribution in [3.05, 3.63) is 16.9 Å². The van der Waals surface area contributed by atoms with Gasteiger partial charge in [0, 0.05) is 20.1 Å². The number of halogens is 4. The molecule has 0 radical (unpaired) electrons. The van der Waals surface area contributed by atoms with E-state index in [9.17, 15) is 18.3 Å². The van der Waals surface area contributed by atoms with Gasteiger partial charge in [0.15, 0.2) is 0 Å². The first-order chi connectivity index (χ1) is 7.81. The summed E-state index contributed by atoms with van der Waals surface area (Å²) in [5.74, 6) is 0. The third-order valence-electron chi connectivity index (χ3n) is 2.05. The summed E-state index contributed by atoms with van der Waals surface area (Å²) in [6.45, 7) is -1.53. The van der Waals surface area contributed by atoms with E-state index in [4.69, 9.17) is 11.6 Å². The molecule has 0 saturated heterocycles. The Morgan fingerprint density at radius 1 is 1.59 bits per heavy atom. The Bertz CT molecular complexity index is 348. The highest BCUT2D eigenvalue weighted by Crippen LogP contribution is 2.24. The van der Waals surface area contributed by atoms with Crippen molar-refractivity contribution in [3.8, 4) is 0 Å². The number of rotatable bonds is 5. The Morgan fingerprint density at radius 3 is 2.71 bits per heavy atom. The molecule has 98 valence electrons. The predicted molar refractivity (Wildman–Crippen MR) is 54.7 cm³/mol.